The Bertz CT molecular complexity index is 1620. The van der Waals surface area contributed by atoms with Crippen LogP contribution in [0.25, 0.3) is 43.9 Å². The molecule has 156 valence electrons. The van der Waals surface area contributed by atoms with Crippen LogP contribution >= 0.6 is 11.6 Å². The fraction of sp³-hybridized carbons (Fsp3) is 0.0800. The van der Waals surface area contributed by atoms with Crippen LogP contribution in [0.1, 0.15) is 11.1 Å². The molecule has 0 amide bonds. The number of aromatic amines is 1. The highest BCUT2D eigenvalue weighted by Crippen LogP contribution is 2.39. The molecule has 32 heavy (non-hydrogen) atoms. The molecule has 0 aliphatic rings. The molecule has 0 spiro atoms. The van der Waals surface area contributed by atoms with Gasteiger partial charge in [-0.1, -0.05) is 41.9 Å². The molecule has 0 aliphatic carbocycles. The number of aryl methyl sites for hydroxylation is 1. The Morgan fingerprint density at radius 1 is 1.09 bits per heavy atom. The van der Waals surface area contributed by atoms with E-state index in [1.54, 1.807) is 23.1 Å². The molecule has 0 saturated heterocycles. The van der Waals surface area contributed by atoms with Crippen LogP contribution in [0.2, 0.25) is 5.02 Å². The van der Waals surface area contributed by atoms with Crippen LogP contribution in [0, 0.1) is 11.3 Å². The second-order valence-electron chi connectivity index (χ2n) is 7.58. The zero-order chi connectivity index (χ0) is 22.4. The summed E-state index contributed by atoms with van der Waals surface area (Å²) >= 11 is 6.60. The Hall–Kier alpha value is -3.92. The molecule has 0 saturated carbocycles. The fourth-order valence-corrected chi connectivity index (χ4v) is 4.53. The number of nitrogens with one attached hydrogen (secondary N) is 1. The third kappa shape index (κ3) is 2.99. The number of nitriles is 1. The van der Waals surface area contributed by atoms with Gasteiger partial charge in [-0.2, -0.15) is 10.4 Å². The SMILES string of the molecule is Cn1ncc(-c2ccc3c(=O)[nH]cc(CN)c3c2)c1-c1cc(Cl)c2ccccc2c1C#N. The summed E-state index contributed by atoms with van der Waals surface area (Å²) in [4.78, 5) is 15.0. The largest absolute Gasteiger partial charge is 0.328 e. The van der Waals surface area contributed by atoms with E-state index in [1.807, 2.05) is 49.5 Å². The first-order valence-electron chi connectivity index (χ1n) is 10.0. The summed E-state index contributed by atoms with van der Waals surface area (Å²) in [6.07, 6.45) is 3.41. The quantitative estimate of drug-likeness (QED) is 0.424. The fourth-order valence-electron chi connectivity index (χ4n) is 4.26. The number of H-pyrrole nitrogens is 1. The topological polar surface area (TPSA) is 100 Å². The summed E-state index contributed by atoms with van der Waals surface area (Å²) in [6.45, 7) is 0.301. The molecule has 3 aromatic carbocycles. The molecule has 2 aromatic heterocycles. The Labute approximate surface area is 188 Å². The number of pyridine rings is 1. The highest BCUT2D eigenvalue weighted by Gasteiger charge is 2.20. The second kappa shape index (κ2) is 7.65. The predicted octanol–water partition coefficient (Wildman–Crippen LogP) is 4.73. The van der Waals surface area contributed by atoms with Crippen molar-refractivity contribution in [2.24, 2.45) is 12.8 Å². The molecule has 0 fully saturated rings. The lowest BCUT2D eigenvalue weighted by Gasteiger charge is -2.13. The van der Waals surface area contributed by atoms with E-state index in [-0.39, 0.29) is 5.56 Å². The minimum Gasteiger partial charge on any atom is -0.328 e. The maximum absolute atomic E-state index is 12.3. The molecular formula is C25H18ClN5O. The van der Waals surface area contributed by atoms with Crippen molar-refractivity contribution in [1.29, 1.82) is 5.26 Å². The number of nitrogens with zero attached hydrogens (tertiary/aromatic N) is 3. The van der Waals surface area contributed by atoms with Crippen molar-refractivity contribution in [3.8, 4) is 28.5 Å². The van der Waals surface area contributed by atoms with Gasteiger partial charge in [0.1, 0.15) is 6.07 Å². The number of hydrogen-bond donors (Lipinski definition) is 2. The third-order valence-corrected chi connectivity index (χ3v) is 6.13. The van der Waals surface area contributed by atoms with Gasteiger partial charge in [-0.3, -0.25) is 9.48 Å². The molecule has 5 rings (SSSR count). The van der Waals surface area contributed by atoms with Crippen molar-refractivity contribution in [2.75, 3.05) is 0 Å². The van der Waals surface area contributed by atoms with Crippen LogP contribution in [0.4, 0.5) is 0 Å². The van der Waals surface area contributed by atoms with E-state index >= 15 is 0 Å². The number of nitrogens with two attached hydrogens (primary N) is 1. The van der Waals surface area contributed by atoms with Crippen LogP contribution in [-0.4, -0.2) is 14.8 Å². The summed E-state index contributed by atoms with van der Waals surface area (Å²) < 4.78 is 1.74. The Morgan fingerprint density at radius 3 is 2.62 bits per heavy atom. The number of halogens is 1. The van der Waals surface area contributed by atoms with Gasteiger partial charge in [-0.05, 0) is 34.7 Å². The minimum absolute atomic E-state index is 0.164. The van der Waals surface area contributed by atoms with Crippen LogP contribution in [-0.2, 0) is 13.6 Å². The molecule has 7 heteroatoms. The maximum Gasteiger partial charge on any atom is 0.255 e. The van der Waals surface area contributed by atoms with Gasteiger partial charge in [-0.15, -0.1) is 0 Å². The molecule has 3 N–H and O–H groups in total. The molecule has 0 unspecified atom stereocenters. The summed E-state index contributed by atoms with van der Waals surface area (Å²) in [7, 11) is 1.83. The lowest BCUT2D eigenvalue weighted by atomic mass is 9.93. The zero-order valence-electron chi connectivity index (χ0n) is 17.2. The van der Waals surface area contributed by atoms with Crippen molar-refractivity contribution in [3.05, 3.63) is 87.4 Å². The monoisotopic (exact) mass is 439 g/mol. The van der Waals surface area contributed by atoms with E-state index in [0.29, 0.717) is 28.1 Å². The average molecular weight is 440 g/mol. The van der Waals surface area contributed by atoms with Crippen molar-refractivity contribution in [2.45, 2.75) is 6.54 Å². The Balaban J connectivity index is 1.81. The van der Waals surface area contributed by atoms with E-state index in [2.05, 4.69) is 16.2 Å². The molecule has 6 nitrogen and oxygen atoms in total. The van der Waals surface area contributed by atoms with Crippen molar-refractivity contribution in [3.63, 3.8) is 0 Å². The van der Waals surface area contributed by atoms with Crippen molar-refractivity contribution < 1.29 is 0 Å². The minimum atomic E-state index is -0.164. The highest BCUT2D eigenvalue weighted by molar-refractivity contribution is 6.36. The van der Waals surface area contributed by atoms with E-state index in [0.717, 1.165) is 38.5 Å². The highest BCUT2D eigenvalue weighted by atomic mass is 35.5. The molecule has 0 radical (unpaired) electrons. The predicted molar refractivity (Wildman–Crippen MR) is 127 cm³/mol. The van der Waals surface area contributed by atoms with Crippen LogP contribution < -0.4 is 11.3 Å². The summed E-state index contributed by atoms with van der Waals surface area (Å²) in [6, 6.07) is 17.4. The smallest absolute Gasteiger partial charge is 0.255 e. The Morgan fingerprint density at radius 2 is 1.88 bits per heavy atom. The van der Waals surface area contributed by atoms with Gasteiger partial charge >= 0.3 is 0 Å². The standard InChI is InChI=1S/C25H18ClN5O/c1-31-24(20-9-23(26)17-5-3-2-4-16(17)21(20)11-28)22(13-30-31)14-6-7-18-19(8-14)15(10-27)12-29-25(18)32/h2-9,12-13H,10,27H2,1H3,(H,29,32). The van der Waals surface area contributed by atoms with Gasteiger partial charge < -0.3 is 10.7 Å². The van der Waals surface area contributed by atoms with Crippen molar-refractivity contribution >= 4 is 33.1 Å². The van der Waals surface area contributed by atoms with E-state index in [9.17, 15) is 10.1 Å². The van der Waals surface area contributed by atoms with Gasteiger partial charge in [0.2, 0.25) is 0 Å². The Kier molecular flexibility index (Phi) is 4.78. The van der Waals surface area contributed by atoms with E-state index < -0.39 is 0 Å². The number of rotatable bonds is 3. The number of fused-ring (bicyclic) bond motifs is 2. The van der Waals surface area contributed by atoms with E-state index in [4.69, 9.17) is 17.3 Å². The maximum atomic E-state index is 12.3. The normalized spacial score (nSPS) is 11.2. The van der Waals surface area contributed by atoms with Gasteiger partial charge in [-0.25, -0.2) is 0 Å². The first kappa shape index (κ1) is 20.0. The third-order valence-electron chi connectivity index (χ3n) is 5.82. The first-order valence-corrected chi connectivity index (χ1v) is 10.4. The van der Waals surface area contributed by atoms with Crippen molar-refractivity contribution in [1.82, 2.24) is 14.8 Å². The van der Waals surface area contributed by atoms with Crippen LogP contribution in [0.3, 0.4) is 0 Å². The van der Waals surface area contributed by atoms with Gasteiger partial charge in [0.25, 0.3) is 5.56 Å². The zero-order valence-corrected chi connectivity index (χ0v) is 17.9. The summed E-state index contributed by atoms with van der Waals surface area (Å²) in [5.41, 5.74) is 10.3. The van der Waals surface area contributed by atoms with Crippen LogP contribution in [0.5, 0.6) is 0 Å². The molecule has 0 aliphatic heterocycles. The number of aromatic nitrogens is 3. The molecule has 0 bridgehead atoms. The lowest BCUT2D eigenvalue weighted by molar-refractivity contribution is 0.776. The molecule has 2 heterocycles. The van der Waals surface area contributed by atoms with E-state index in [1.165, 1.54) is 0 Å². The lowest BCUT2D eigenvalue weighted by Crippen LogP contribution is -2.09. The van der Waals surface area contributed by atoms with Gasteiger partial charge in [0.05, 0.1) is 17.5 Å². The summed E-state index contributed by atoms with van der Waals surface area (Å²) in [5, 5.41) is 18.0. The number of benzene rings is 3. The first-order chi connectivity index (χ1) is 15.5. The molecular weight excluding hydrogens is 422 g/mol. The van der Waals surface area contributed by atoms with Gasteiger partial charge in [0.15, 0.2) is 0 Å². The number of hydrogen-bond acceptors (Lipinski definition) is 4. The average Bonchev–Trinajstić information content (AvgIpc) is 3.20. The van der Waals surface area contributed by atoms with Gasteiger partial charge in [0, 0.05) is 52.1 Å². The summed E-state index contributed by atoms with van der Waals surface area (Å²) in [5.74, 6) is 0. The molecule has 5 aromatic rings. The second-order valence-corrected chi connectivity index (χ2v) is 7.98. The van der Waals surface area contributed by atoms with Crippen LogP contribution in [0.15, 0.2) is 65.7 Å². The molecule has 0 atom stereocenters.